The molecule has 5 nitrogen and oxygen atoms in total. The third-order valence-corrected chi connectivity index (χ3v) is 3.49. The Kier molecular flexibility index (Phi) is 5.38. The van der Waals surface area contributed by atoms with Gasteiger partial charge in [0, 0.05) is 19.1 Å². The fraction of sp³-hybridized carbons (Fsp3) is 0.533. The van der Waals surface area contributed by atoms with Gasteiger partial charge in [0.25, 0.3) is 0 Å². The molecule has 1 aliphatic rings. The average molecular weight is 296 g/mol. The molecular weight excluding hydrogens is 275 g/mol. The Labute approximate surface area is 123 Å². The summed E-state index contributed by atoms with van der Waals surface area (Å²) in [7, 11) is 1.42. The molecule has 1 aliphatic carbocycles. The van der Waals surface area contributed by atoms with E-state index in [4.69, 9.17) is 9.84 Å². The van der Waals surface area contributed by atoms with Crippen LogP contribution in [-0.2, 0) is 6.42 Å². The van der Waals surface area contributed by atoms with E-state index in [0.29, 0.717) is 19.5 Å². The van der Waals surface area contributed by atoms with Gasteiger partial charge >= 0.3 is 6.03 Å². The average Bonchev–Trinajstić information content (AvgIpc) is 3.31. The molecule has 0 bridgehead atoms. The third kappa shape index (κ3) is 4.32. The number of nitrogens with one attached hydrogen (secondary N) is 1. The topological polar surface area (TPSA) is 61.8 Å². The Balaban J connectivity index is 1.81. The van der Waals surface area contributed by atoms with Gasteiger partial charge in [0.1, 0.15) is 0 Å². The Morgan fingerprint density at radius 2 is 2.29 bits per heavy atom. The van der Waals surface area contributed by atoms with E-state index in [1.165, 1.54) is 13.2 Å². The van der Waals surface area contributed by atoms with Gasteiger partial charge in [0.2, 0.25) is 0 Å². The minimum atomic E-state index is -0.395. The number of carbonyl (C=O) groups excluding carboxylic acids is 1. The first-order chi connectivity index (χ1) is 10.2. The first-order valence-corrected chi connectivity index (χ1v) is 7.13. The molecule has 1 aromatic carbocycles. The highest BCUT2D eigenvalue weighted by Gasteiger charge is 2.31. The summed E-state index contributed by atoms with van der Waals surface area (Å²) in [5.74, 6) is -0.188. The maximum atomic E-state index is 13.3. The van der Waals surface area contributed by atoms with E-state index in [1.807, 2.05) is 0 Å². The lowest BCUT2D eigenvalue weighted by Crippen LogP contribution is -2.43. The van der Waals surface area contributed by atoms with Crippen molar-refractivity contribution in [2.45, 2.75) is 25.3 Å². The smallest absolute Gasteiger partial charge is 0.317 e. The van der Waals surface area contributed by atoms with Gasteiger partial charge in [0.05, 0.1) is 13.7 Å². The molecule has 0 aliphatic heterocycles. The molecule has 1 fully saturated rings. The van der Waals surface area contributed by atoms with Crippen LogP contribution in [0.4, 0.5) is 9.18 Å². The maximum absolute atomic E-state index is 13.3. The maximum Gasteiger partial charge on any atom is 0.317 e. The Hall–Kier alpha value is -1.82. The molecule has 0 radical (unpaired) electrons. The first kappa shape index (κ1) is 15.6. The number of aliphatic hydroxyl groups is 1. The summed E-state index contributed by atoms with van der Waals surface area (Å²) in [4.78, 5) is 13.7. The van der Waals surface area contributed by atoms with Crippen LogP contribution in [0.15, 0.2) is 18.2 Å². The zero-order chi connectivity index (χ0) is 15.2. The van der Waals surface area contributed by atoms with Crippen LogP contribution in [0.1, 0.15) is 18.4 Å². The highest BCUT2D eigenvalue weighted by atomic mass is 19.1. The number of amides is 2. The van der Waals surface area contributed by atoms with Crippen LogP contribution in [-0.4, -0.2) is 48.9 Å². The standard InChI is InChI=1S/C15H21FN2O3/c1-21-14-10-11(2-5-13(14)16)6-7-17-15(20)18(8-9-19)12-3-4-12/h2,5,10,12,19H,3-4,6-9H2,1H3,(H,17,20). The number of aliphatic hydroxyl groups excluding tert-OH is 1. The number of rotatable bonds is 7. The second kappa shape index (κ2) is 7.26. The molecule has 0 spiro atoms. The summed E-state index contributed by atoms with van der Waals surface area (Å²) in [6, 6.07) is 4.78. The predicted octanol–water partition coefficient (Wildman–Crippen LogP) is 1.54. The van der Waals surface area contributed by atoms with Crippen LogP contribution in [0.25, 0.3) is 0 Å². The van der Waals surface area contributed by atoms with Gasteiger partial charge < -0.3 is 20.1 Å². The van der Waals surface area contributed by atoms with E-state index in [0.717, 1.165) is 18.4 Å². The summed E-state index contributed by atoms with van der Waals surface area (Å²) < 4.78 is 18.2. The number of hydrogen-bond donors (Lipinski definition) is 2. The van der Waals surface area contributed by atoms with Crippen LogP contribution in [0.2, 0.25) is 0 Å². The molecule has 0 aromatic heterocycles. The van der Waals surface area contributed by atoms with Crippen molar-refractivity contribution >= 4 is 6.03 Å². The van der Waals surface area contributed by atoms with Crippen LogP contribution in [0.3, 0.4) is 0 Å². The molecule has 1 aromatic rings. The zero-order valence-corrected chi connectivity index (χ0v) is 12.1. The van der Waals surface area contributed by atoms with Crippen LogP contribution in [0.5, 0.6) is 5.75 Å². The van der Waals surface area contributed by atoms with Gasteiger partial charge in [-0.3, -0.25) is 0 Å². The Morgan fingerprint density at radius 3 is 2.90 bits per heavy atom. The Morgan fingerprint density at radius 1 is 1.52 bits per heavy atom. The van der Waals surface area contributed by atoms with Gasteiger partial charge in [-0.15, -0.1) is 0 Å². The minimum Gasteiger partial charge on any atom is -0.494 e. The second-order valence-corrected chi connectivity index (χ2v) is 5.10. The van der Waals surface area contributed by atoms with Gasteiger partial charge in [-0.1, -0.05) is 6.07 Å². The number of nitrogens with zero attached hydrogens (tertiary/aromatic N) is 1. The summed E-state index contributed by atoms with van der Waals surface area (Å²) in [6.07, 6.45) is 2.60. The number of hydrogen-bond acceptors (Lipinski definition) is 3. The fourth-order valence-electron chi connectivity index (χ4n) is 2.22. The van der Waals surface area contributed by atoms with E-state index in [-0.39, 0.29) is 24.4 Å². The number of carbonyl (C=O) groups is 1. The lowest BCUT2D eigenvalue weighted by Gasteiger charge is -2.21. The van der Waals surface area contributed by atoms with Crippen molar-refractivity contribution in [3.8, 4) is 5.75 Å². The van der Waals surface area contributed by atoms with Gasteiger partial charge in [-0.25, -0.2) is 9.18 Å². The van der Waals surface area contributed by atoms with Crippen molar-refractivity contribution in [3.63, 3.8) is 0 Å². The van der Waals surface area contributed by atoms with E-state index in [9.17, 15) is 9.18 Å². The van der Waals surface area contributed by atoms with Crippen molar-refractivity contribution < 1.29 is 19.0 Å². The first-order valence-electron chi connectivity index (χ1n) is 7.13. The molecule has 0 atom stereocenters. The van der Waals surface area contributed by atoms with Crippen molar-refractivity contribution in [2.75, 3.05) is 26.8 Å². The minimum absolute atomic E-state index is 0.0287. The van der Waals surface area contributed by atoms with E-state index >= 15 is 0 Å². The van der Waals surface area contributed by atoms with E-state index in [2.05, 4.69) is 5.32 Å². The molecule has 21 heavy (non-hydrogen) atoms. The molecular formula is C15H21FN2O3. The molecule has 2 amide bonds. The monoisotopic (exact) mass is 296 g/mol. The molecule has 0 unspecified atom stereocenters. The SMILES string of the molecule is COc1cc(CCNC(=O)N(CCO)C2CC2)ccc1F. The molecule has 1 saturated carbocycles. The summed E-state index contributed by atoms with van der Waals surface area (Å²) in [6.45, 7) is 0.794. The molecule has 116 valence electrons. The van der Waals surface area contributed by atoms with Gasteiger partial charge in [-0.2, -0.15) is 0 Å². The second-order valence-electron chi connectivity index (χ2n) is 5.10. The van der Waals surface area contributed by atoms with Gasteiger partial charge in [-0.05, 0) is 37.0 Å². The fourth-order valence-corrected chi connectivity index (χ4v) is 2.22. The van der Waals surface area contributed by atoms with Crippen molar-refractivity contribution in [2.24, 2.45) is 0 Å². The molecule has 2 rings (SSSR count). The number of methoxy groups -OCH3 is 1. The largest absolute Gasteiger partial charge is 0.494 e. The molecule has 2 N–H and O–H groups in total. The third-order valence-electron chi connectivity index (χ3n) is 3.49. The van der Waals surface area contributed by atoms with Gasteiger partial charge in [0.15, 0.2) is 11.6 Å². The molecule has 6 heteroatoms. The summed E-state index contributed by atoms with van der Waals surface area (Å²) in [5.41, 5.74) is 0.897. The molecule has 0 heterocycles. The quantitative estimate of drug-likeness (QED) is 0.802. The van der Waals surface area contributed by atoms with Crippen molar-refractivity contribution in [1.29, 1.82) is 0 Å². The van der Waals surface area contributed by atoms with Crippen molar-refractivity contribution in [3.05, 3.63) is 29.6 Å². The Bertz CT molecular complexity index is 492. The van der Waals surface area contributed by atoms with E-state index < -0.39 is 5.82 Å². The number of ether oxygens (including phenoxy) is 1. The van der Waals surface area contributed by atoms with Crippen LogP contribution < -0.4 is 10.1 Å². The number of benzene rings is 1. The van der Waals surface area contributed by atoms with Crippen molar-refractivity contribution in [1.82, 2.24) is 10.2 Å². The predicted molar refractivity (Wildman–Crippen MR) is 76.9 cm³/mol. The van der Waals surface area contributed by atoms with E-state index in [1.54, 1.807) is 17.0 Å². The highest BCUT2D eigenvalue weighted by Crippen LogP contribution is 2.26. The summed E-state index contributed by atoms with van der Waals surface area (Å²) in [5, 5.41) is 11.8. The lowest BCUT2D eigenvalue weighted by molar-refractivity contribution is 0.174. The zero-order valence-electron chi connectivity index (χ0n) is 12.1. The van der Waals surface area contributed by atoms with Crippen LogP contribution in [0, 0.1) is 5.82 Å². The number of halogens is 1. The van der Waals surface area contributed by atoms with Crippen LogP contribution >= 0.6 is 0 Å². The number of urea groups is 1. The lowest BCUT2D eigenvalue weighted by atomic mass is 10.1. The normalized spacial score (nSPS) is 13.9. The highest BCUT2D eigenvalue weighted by molar-refractivity contribution is 5.74. The molecule has 0 saturated heterocycles. The summed E-state index contributed by atoms with van der Waals surface area (Å²) >= 11 is 0.